The van der Waals surface area contributed by atoms with Gasteiger partial charge in [-0.1, -0.05) is 0 Å². The van der Waals surface area contributed by atoms with Crippen molar-refractivity contribution < 1.29 is 14.6 Å². The summed E-state index contributed by atoms with van der Waals surface area (Å²) in [5, 5.41) is 10.1. The molecule has 6 nitrogen and oxygen atoms in total. The molecular weight excluding hydrogens is 248 g/mol. The number of H-pyrrole nitrogens is 1. The number of benzene rings is 1. The lowest BCUT2D eigenvalue weighted by atomic mass is 10.2. The van der Waals surface area contributed by atoms with Gasteiger partial charge in [-0.3, -0.25) is 4.79 Å². The molecule has 3 rings (SSSR count). The molecule has 2 heterocycles. The number of hydrogen-bond donors (Lipinski definition) is 2. The van der Waals surface area contributed by atoms with E-state index in [9.17, 15) is 9.90 Å². The van der Waals surface area contributed by atoms with Crippen LogP contribution < -0.4 is 10.3 Å². The van der Waals surface area contributed by atoms with Gasteiger partial charge < -0.3 is 19.6 Å². The Balaban J connectivity index is 2.05. The third-order valence-electron chi connectivity index (χ3n) is 3.13. The molecule has 0 saturated carbocycles. The van der Waals surface area contributed by atoms with Crippen molar-refractivity contribution in [3.05, 3.63) is 28.8 Å². The maximum absolute atomic E-state index is 11.9. The predicted molar refractivity (Wildman–Crippen MR) is 68.2 cm³/mol. The Bertz CT molecular complexity index is 647. The molecule has 6 heteroatoms. The van der Waals surface area contributed by atoms with E-state index in [2.05, 4.69) is 9.97 Å². The molecule has 1 saturated heterocycles. The molecule has 0 spiro atoms. The number of phenols is 1. The van der Waals surface area contributed by atoms with Gasteiger partial charge in [0.2, 0.25) is 0 Å². The molecule has 1 fully saturated rings. The van der Waals surface area contributed by atoms with E-state index < -0.39 is 6.29 Å². The Morgan fingerprint density at radius 1 is 1.42 bits per heavy atom. The molecule has 0 amide bonds. The number of aromatic amines is 1. The van der Waals surface area contributed by atoms with Crippen LogP contribution in [-0.2, 0) is 4.74 Å². The highest BCUT2D eigenvalue weighted by molar-refractivity contribution is 5.86. The molecular formula is C13H14N2O4. The van der Waals surface area contributed by atoms with Crippen molar-refractivity contribution in [1.29, 1.82) is 0 Å². The van der Waals surface area contributed by atoms with Gasteiger partial charge in [-0.15, -0.1) is 0 Å². The quantitative estimate of drug-likeness (QED) is 0.857. The van der Waals surface area contributed by atoms with Crippen LogP contribution in [0.1, 0.15) is 19.3 Å². The summed E-state index contributed by atoms with van der Waals surface area (Å²) >= 11 is 0. The first-order chi connectivity index (χ1) is 9.25. The molecule has 2 N–H and O–H groups in total. The predicted octanol–water partition coefficient (Wildman–Crippen LogP) is 1.53. The summed E-state index contributed by atoms with van der Waals surface area (Å²) in [4.78, 5) is 18.4. The largest absolute Gasteiger partial charge is 0.504 e. The first-order valence-electron chi connectivity index (χ1n) is 6.23. The van der Waals surface area contributed by atoms with E-state index in [1.807, 2.05) is 0 Å². The summed E-state index contributed by atoms with van der Waals surface area (Å²) in [6.07, 6.45) is 3.65. The molecule has 0 bridgehead atoms. The normalized spacial score (nSPS) is 19.5. The van der Waals surface area contributed by atoms with E-state index in [0.717, 1.165) is 19.3 Å². The van der Waals surface area contributed by atoms with Gasteiger partial charge in [-0.25, -0.2) is 4.98 Å². The summed E-state index contributed by atoms with van der Waals surface area (Å²) in [7, 11) is 0. The Labute approximate surface area is 109 Å². The summed E-state index contributed by atoms with van der Waals surface area (Å²) in [5.74, 6) is 0.0546. The van der Waals surface area contributed by atoms with Gasteiger partial charge in [0.15, 0.2) is 17.8 Å². The number of nitrogens with one attached hydrogen (secondary N) is 1. The smallest absolute Gasteiger partial charge is 0.262 e. The van der Waals surface area contributed by atoms with Crippen LogP contribution in [0.4, 0.5) is 0 Å². The average Bonchev–Trinajstić information content (AvgIpc) is 2.43. The zero-order chi connectivity index (χ0) is 13.2. The van der Waals surface area contributed by atoms with Crippen LogP contribution in [-0.4, -0.2) is 28.0 Å². The molecule has 1 aromatic heterocycles. The van der Waals surface area contributed by atoms with E-state index in [1.54, 1.807) is 6.07 Å². The fraction of sp³-hybridized carbons (Fsp3) is 0.385. The second kappa shape index (κ2) is 4.89. The number of aromatic hydroxyl groups is 1. The number of phenolic OH excluding ortho intramolecular Hbond substituents is 1. The van der Waals surface area contributed by atoms with E-state index in [4.69, 9.17) is 9.47 Å². The van der Waals surface area contributed by atoms with Gasteiger partial charge in [0.05, 0.1) is 18.5 Å². The highest BCUT2D eigenvalue weighted by Gasteiger charge is 2.20. The Hall–Kier alpha value is -2.08. The van der Waals surface area contributed by atoms with E-state index >= 15 is 0 Å². The minimum atomic E-state index is -0.426. The van der Waals surface area contributed by atoms with E-state index in [1.165, 1.54) is 12.4 Å². The van der Waals surface area contributed by atoms with Crippen LogP contribution in [0.5, 0.6) is 11.5 Å². The summed E-state index contributed by atoms with van der Waals surface area (Å²) in [6.45, 7) is 0.630. The molecule has 0 radical (unpaired) electrons. The van der Waals surface area contributed by atoms with E-state index in [0.29, 0.717) is 12.1 Å². The lowest BCUT2D eigenvalue weighted by molar-refractivity contribution is -0.106. The standard InChI is InChI=1S/C13H14N2O4/c16-9-5-4-8-11(13(17)15-7-14-8)12(9)19-10-3-1-2-6-18-10/h4-5,7,10,16H,1-3,6H2,(H,14,15,17). The molecule has 1 atom stereocenters. The fourth-order valence-electron chi connectivity index (χ4n) is 2.18. The molecule has 1 unspecified atom stereocenters. The summed E-state index contributed by atoms with van der Waals surface area (Å²) in [6, 6.07) is 3.04. The molecule has 0 aliphatic carbocycles. The maximum Gasteiger partial charge on any atom is 0.262 e. The summed E-state index contributed by atoms with van der Waals surface area (Å²) < 4.78 is 11.1. The van der Waals surface area contributed by atoms with Crippen molar-refractivity contribution in [2.45, 2.75) is 25.6 Å². The highest BCUT2D eigenvalue weighted by Crippen LogP contribution is 2.33. The van der Waals surface area contributed by atoms with Crippen LogP contribution in [0.25, 0.3) is 10.9 Å². The van der Waals surface area contributed by atoms with Crippen LogP contribution >= 0.6 is 0 Å². The number of aromatic nitrogens is 2. The van der Waals surface area contributed by atoms with Gasteiger partial charge in [-0.05, 0) is 25.0 Å². The van der Waals surface area contributed by atoms with Crippen LogP contribution in [0.3, 0.4) is 0 Å². The number of fused-ring (bicyclic) bond motifs is 1. The lowest BCUT2D eigenvalue weighted by Crippen LogP contribution is -2.25. The molecule has 19 heavy (non-hydrogen) atoms. The zero-order valence-corrected chi connectivity index (χ0v) is 10.3. The first kappa shape index (κ1) is 12.0. The summed E-state index contributed by atoms with van der Waals surface area (Å²) in [5.41, 5.74) is 0.138. The van der Waals surface area contributed by atoms with Crippen LogP contribution in [0.2, 0.25) is 0 Å². The van der Waals surface area contributed by atoms with Gasteiger partial charge in [-0.2, -0.15) is 0 Å². The lowest BCUT2D eigenvalue weighted by Gasteiger charge is -2.24. The number of ether oxygens (including phenoxy) is 2. The minimum absolute atomic E-state index is 0.0832. The number of rotatable bonds is 2. The zero-order valence-electron chi connectivity index (χ0n) is 10.3. The molecule has 100 valence electrons. The van der Waals surface area contributed by atoms with Crippen LogP contribution in [0.15, 0.2) is 23.3 Å². The fourth-order valence-corrected chi connectivity index (χ4v) is 2.18. The molecule has 1 aliphatic rings. The van der Waals surface area contributed by atoms with Crippen LogP contribution in [0, 0.1) is 0 Å². The van der Waals surface area contributed by atoms with Gasteiger partial charge in [0.1, 0.15) is 5.39 Å². The molecule has 1 aromatic carbocycles. The van der Waals surface area contributed by atoms with Crippen molar-refractivity contribution in [3.8, 4) is 11.5 Å². The van der Waals surface area contributed by atoms with E-state index in [-0.39, 0.29) is 22.4 Å². The SMILES string of the molecule is O=c1[nH]cnc2ccc(O)c(OC3CCCCO3)c12. The maximum atomic E-state index is 11.9. The second-order valence-electron chi connectivity index (χ2n) is 4.45. The Kier molecular flexibility index (Phi) is 3.08. The van der Waals surface area contributed by atoms with Crippen molar-refractivity contribution in [1.82, 2.24) is 9.97 Å². The number of nitrogens with zero attached hydrogens (tertiary/aromatic N) is 1. The van der Waals surface area contributed by atoms with Gasteiger partial charge in [0, 0.05) is 6.42 Å². The Morgan fingerprint density at radius 2 is 2.32 bits per heavy atom. The third-order valence-corrected chi connectivity index (χ3v) is 3.13. The monoisotopic (exact) mass is 262 g/mol. The molecule has 2 aromatic rings. The van der Waals surface area contributed by atoms with Gasteiger partial charge >= 0.3 is 0 Å². The molecule has 1 aliphatic heterocycles. The van der Waals surface area contributed by atoms with Crippen molar-refractivity contribution in [2.24, 2.45) is 0 Å². The number of hydrogen-bond acceptors (Lipinski definition) is 5. The van der Waals surface area contributed by atoms with Crippen molar-refractivity contribution in [2.75, 3.05) is 6.61 Å². The minimum Gasteiger partial charge on any atom is -0.504 e. The van der Waals surface area contributed by atoms with Crippen molar-refractivity contribution in [3.63, 3.8) is 0 Å². The van der Waals surface area contributed by atoms with Crippen molar-refractivity contribution >= 4 is 10.9 Å². The second-order valence-corrected chi connectivity index (χ2v) is 4.45. The first-order valence-corrected chi connectivity index (χ1v) is 6.23. The Morgan fingerprint density at radius 3 is 3.11 bits per heavy atom. The topological polar surface area (TPSA) is 84.4 Å². The third kappa shape index (κ3) is 2.26. The average molecular weight is 262 g/mol. The van der Waals surface area contributed by atoms with Gasteiger partial charge in [0.25, 0.3) is 5.56 Å². The highest BCUT2D eigenvalue weighted by atomic mass is 16.7.